The average Bonchev–Trinajstić information content (AvgIpc) is 2.99. The fourth-order valence-corrected chi connectivity index (χ4v) is 4.34. The van der Waals surface area contributed by atoms with E-state index in [1.807, 2.05) is 12.1 Å². The predicted molar refractivity (Wildman–Crippen MR) is 87.6 cm³/mol. The maximum Gasteiger partial charge on any atom is 0.119 e. The highest BCUT2D eigenvalue weighted by Crippen LogP contribution is 2.41. The lowest BCUT2D eigenvalue weighted by molar-refractivity contribution is 0.105. The van der Waals surface area contributed by atoms with Crippen molar-refractivity contribution in [1.29, 1.82) is 0 Å². The van der Waals surface area contributed by atoms with Crippen LogP contribution in [0.15, 0.2) is 18.2 Å². The normalized spacial score (nSPS) is 23.0. The van der Waals surface area contributed by atoms with Crippen LogP contribution in [0.2, 0.25) is 0 Å². The molecule has 3 rings (SSSR count). The van der Waals surface area contributed by atoms with Crippen molar-refractivity contribution in [3.8, 4) is 5.75 Å². The summed E-state index contributed by atoms with van der Waals surface area (Å²) < 4.78 is 0. The van der Waals surface area contributed by atoms with Crippen LogP contribution in [0.3, 0.4) is 0 Å². The third-order valence-corrected chi connectivity index (χ3v) is 5.22. The van der Waals surface area contributed by atoms with E-state index in [4.69, 9.17) is 0 Å². The minimum atomic E-state index is 0.508. The van der Waals surface area contributed by atoms with Crippen molar-refractivity contribution >= 4 is 0 Å². The maximum atomic E-state index is 10.2. The molecule has 2 aliphatic carbocycles. The number of fused-ring (bicyclic) bond motifs is 1. The average molecular weight is 287 g/mol. The Balaban J connectivity index is 1.91. The molecule has 0 saturated heterocycles. The van der Waals surface area contributed by atoms with Crippen molar-refractivity contribution in [3.63, 3.8) is 0 Å². The molecule has 21 heavy (non-hydrogen) atoms. The monoisotopic (exact) mass is 287 g/mol. The van der Waals surface area contributed by atoms with Crippen LogP contribution in [0.1, 0.15) is 69.5 Å². The van der Waals surface area contributed by atoms with Gasteiger partial charge in [0.15, 0.2) is 0 Å². The first-order chi connectivity index (χ1) is 10.2. The first-order valence-electron chi connectivity index (χ1n) is 8.73. The van der Waals surface area contributed by atoms with Gasteiger partial charge in [-0.25, -0.2) is 0 Å². The topological polar surface area (TPSA) is 23.5 Å². The van der Waals surface area contributed by atoms with Crippen LogP contribution in [0.5, 0.6) is 5.75 Å². The van der Waals surface area contributed by atoms with E-state index in [9.17, 15) is 5.11 Å². The standard InChI is InChI=1S/C19H29NO/c1-14(2)13-20(15-7-3-4-8-15)18-11-5-10-17-16(18)9-6-12-19(17)21/h6,9,12,14-15,18,21H,3-5,7-8,10-11,13H2,1-2H3. The van der Waals surface area contributed by atoms with Gasteiger partial charge < -0.3 is 5.11 Å². The molecule has 0 aromatic heterocycles. The summed E-state index contributed by atoms with van der Waals surface area (Å²) in [4.78, 5) is 2.77. The molecule has 1 aromatic rings. The van der Waals surface area contributed by atoms with Crippen LogP contribution in [0, 0.1) is 5.92 Å². The Morgan fingerprint density at radius 2 is 1.90 bits per heavy atom. The SMILES string of the molecule is CC(C)CN(C1CCCC1)C1CCCc2c(O)cccc21. The van der Waals surface area contributed by atoms with Crippen molar-refractivity contribution in [2.75, 3.05) is 6.54 Å². The van der Waals surface area contributed by atoms with Gasteiger partial charge in [0.25, 0.3) is 0 Å². The molecule has 2 nitrogen and oxygen atoms in total. The van der Waals surface area contributed by atoms with Gasteiger partial charge in [-0.05, 0) is 55.2 Å². The summed E-state index contributed by atoms with van der Waals surface area (Å²) in [5, 5.41) is 10.2. The molecule has 1 unspecified atom stereocenters. The zero-order valence-corrected chi connectivity index (χ0v) is 13.5. The molecular weight excluding hydrogens is 258 g/mol. The summed E-state index contributed by atoms with van der Waals surface area (Å²) in [6.07, 6.45) is 8.99. The van der Waals surface area contributed by atoms with Gasteiger partial charge in [-0.3, -0.25) is 4.90 Å². The van der Waals surface area contributed by atoms with Gasteiger partial charge in [-0.1, -0.05) is 38.8 Å². The van der Waals surface area contributed by atoms with E-state index in [2.05, 4.69) is 24.8 Å². The summed E-state index contributed by atoms with van der Waals surface area (Å²) in [6.45, 7) is 5.84. The third-order valence-electron chi connectivity index (χ3n) is 5.22. The number of hydrogen-bond donors (Lipinski definition) is 1. The van der Waals surface area contributed by atoms with Gasteiger partial charge in [-0.15, -0.1) is 0 Å². The second-order valence-corrected chi connectivity index (χ2v) is 7.28. The van der Waals surface area contributed by atoms with Crippen LogP contribution in [-0.2, 0) is 6.42 Å². The van der Waals surface area contributed by atoms with Crippen molar-refractivity contribution < 1.29 is 5.11 Å². The summed E-state index contributed by atoms with van der Waals surface area (Å²) in [5.74, 6) is 1.21. The van der Waals surface area contributed by atoms with E-state index in [1.54, 1.807) is 0 Å². The Bertz CT molecular complexity index is 476. The van der Waals surface area contributed by atoms with Crippen molar-refractivity contribution in [2.24, 2.45) is 5.92 Å². The Morgan fingerprint density at radius 1 is 1.14 bits per heavy atom. The number of rotatable bonds is 4. The Kier molecular flexibility index (Phi) is 4.54. The maximum absolute atomic E-state index is 10.2. The molecule has 0 heterocycles. The van der Waals surface area contributed by atoms with Gasteiger partial charge in [0.05, 0.1) is 0 Å². The molecule has 2 heteroatoms. The molecule has 0 bridgehead atoms. The summed E-state index contributed by atoms with van der Waals surface area (Å²) in [7, 11) is 0. The highest BCUT2D eigenvalue weighted by atomic mass is 16.3. The van der Waals surface area contributed by atoms with Gasteiger partial charge >= 0.3 is 0 Å². The first kappa shape index (κ1) is 14.9. The van der Waals surface area contributed by atoms with Crippen LogP contribution in [0.4, 0.5) is 0 Å². The van der Waals surface area contributed by atoms with Crippen molar-refractivity contribution in [2.45, 2.75) is 70.9 Å². The lowest BCUT2D eigenvalue weighted by Crippen LogP contribution is -2.40. The van der Waals surface area contributed by atoms with Crippen molar-refractivity contribution in [3.05, 3.63) is 29.3 Å². The smallest absolute Gasteiger partial charge is 0.119 e. The Hall–Kier alpha value is -1.02. The number of hydrogen-bond acceptors (Lipinski definition) is 2. The highest BCUT2D eigenvalue weighted by Gasteiger charge is 2.33. The number of phenols is 1. The van der Waals surface area contributed by atoms with Gasteiger partial charge in [0.1, 0.15) is 5.75 Å². The molecule has 1 aromatic carbocycles. The minimum absolute atomic E-state index is 0.508. The molecule has 116 valence electrons. The molecule has 1 atom stereocenters. The molecule has 0 aliphatic heterocycles. The van der Waals surface area contributed by atoms with Crippen LogP contribution >= 0.6 is 0 Å². The highest BCUT2D eigenvalue weighted by molar-refractivity contribution is 5.42. The van der Waals surface area contributed by atoms with Crippen LogP contribution in [0.25, 0.3) is 0 Å². The largest absolute Gasteiger partial charge is 0.508 e. The lowest BCUT2D eigenvalue weighted by atomic mass is 9.85. The molecule has 0 amide bonds. The Labute approximate surface area is 129 Å². The predicted octanol–water partition coefficient (Wildman–Crippen LogP) is 4.67. The summed E-state index contributed by atoms with van der Waals surface area (Å²) in [6, 6.07) is 7.40. The van der Waals surface area contributed by atoms with E-state index in [1.165, 1.54) is 56.2 Å². The molecule has 2 aliphatic rings. The van der Waals surface area contributed by atoms with E-state index in [0.29, 0.717) is 17.7 Å². The lowest BCUT2D eigenvalue weighted by Gasteiger charge is -2.41. The number of phenolic OH excluding ortho intramolecular Hbond substituents is 1. The third kappa shape index (κ3) is 3.11. The van der Waals surface area contributed by atoms with Crippen LogP contribution in [-0.4, -0.2) is 22.6 Å². The Morgan fingerprint density at radius 3 is 2.62 bits per heavy atom. The van der Waals surface area contributed by atoms with Gasteiger partial charge in [-0.2, -0.15) is 0 Å². The zero-order chi connectivity index (χ0) is 14.8. The van der Waals surface area contributed by atoms with Gasteiger partial charge in [0, 0.05) is 18.6 Å². The molecule has 0 radical (unpaired) electrons. The zero-order valence-electron chi connectivity index (χ0n) is 13.5. The fraction of sp³-hybridized carbons (Fsp3) is 0.684. The molecular formula is C19H29NO. The molecule has 0 spiro atoms. The quantitative estimate of drug-likeness (QED) is 0.870. The number of nitrogens with zero attached hydrogens (tertiary/aromatic N) is 1. The van der Waals surface area contributed by atoms with Crippen molar-refractivity contribution in [1.82, 2.24) is 4.90 Å². The summed E-state index contributed by atoms with van der Waals surface area (Å²) in [5.41, 5.74) is 2.61. The first-order valence-corrected chi connectivity index (χ1v) is 8.73. The van der Waals surface area contributed by atoms with E-state index >= 15 is 0 Å². The fourth-order valence-electron chi connectivity index (χ4n) is 4.34. The minimum Gasteiger partial charge on any atom is -0.508 e. The van der Waals surface area contributed by atoms with Gasteiger partial charge in [0.2, 0.25) is 0 Å². The molecule has 1 fully saturated rings. The second kappa shape index (κ2) is 6.39. The van der Waals surface area contributed by atoms with Crippen LogP contribution < -0.4 is 0 Å². The van der Waals surface area contributed by atoms with E-state index in [0.717, 1.165) is 12.5 Å². The van der Waals surface area contributed by atoms with E-state index < -0.39 is 0 Å². The second-order valence-electron chi connectivity index (χ2n) is 7.28. The summed E-state index contributed by atoms with van der Waals surface area (Å²) >= 11 is 0. The molecule has 1 N–H and O–H groups in total. The number of benzene rings is 1. The molecule has 1 saturated carbocycles. The van der Waals surface area contributed by atoms with E-state index in [-0.39, 0.29) is 0 Å². The number of aromatic hydroxyl groups is 1.